The van der Waals surface area contributed by atoms with Crippen LogP contribution in [0, 0.1) is 0 Å². The Hall–Kier alpha value is -2.37. The van der Waals surface area contributed by atoms with E-state index >= 15 is 0 Å². The van der Waals surface area contributed by atoms with Gasteiger partial charge in [-0.05, 0) is 42.7 Å². The molecule has 1 amide bonds. The molecule has 1 aliphatic heterocycles. The maximum atomic E-state index is 12.3. The van der Waals surface area contributed by atoms with Gasteiger partial charge in [-0.2, -0.15) is 0 Å². The number of nitrogens with two attached hydrogens (primary N) is 1. The second kappa shape index (κ2) is 7.47. The minimum atomic E-state index is -0.823. The third-order valence-electron chi connectivity index (χ3n) is 4.17. The van der Waals surface area contributed by atoms with Crippen molar-refractivity contribution in [3.63, 3.8) is 0 Å². The summed E-state index contributed by atoms with van der Waals surface area (Å²) in [6.45, 7) is 1.49. The molecule has 0 spiro atoms. The quantitative estimate of drug-likeness (QED) is 0.886. The summed E-state index contributed by atoms with van der Waals surface area (Å²) in [5.41, 5.74) is 6.32. The van der Waals surface area contributed by atoms with Gasteiger partial charge in [-0.1, -0.05) is 30.3 Å². The minimum absolute atomic E-state index is 0.125. The molecule has 126 valence electrons. The van der Waals surface area contributed by atoms with Gasteiger partial charge in [0.05, 0.1) is 5.54 Å². The van der Waals surface area contributed by atoms with Crippen LogP contribution in [-0.4, -0.2) is 24.7 Å². The van der Waals surface area contributed by atoms with E-state index in [0.717, 1.165) is 17.1 Å². The van der Waals surface area contributed by atoms with E-state index in [9.17, 15) is 4.79 Å². The maximum Gasteiger partial charge on any atom is 0.240 e. The Morgan fingerprint density at radius 1 is 1.08 bits per heavy atom. The molecule has 3 N–H and O–H groups in total. The molecule has 5 heteroatoms. The lowest BCUT2D eigenvalue weighted by molar-refractivity contribution is -0.129. The van der Waals surface area contributed by atoms with E-state index in [1.54, 1.807) is 0 Å². The van der Waals surface area contributed by atoms with Crippen molar-refractivity contribution < 1.29 is 14.3 Å². The van der Waals surface area contributed by atoms with Gasteiger partial charge in [0.1, 0.15) is 11.5 Å². The lowest BCUT2D eigenvalue weighted by Gasteiger charge is -2.31. The summed E-state index contributed by atoms with van der Waals surface area (Å²) in [5, 5.41) is 2.93. The number of amides is 1. The largest absolute Gasteiger partial charge is 0.457 e. The molecule has 0 aliphatic carbocycles. The summed E-state index contributed by atoms with van der Waals surface area (Å²) in [6, 6.07) is 17.3. The first-order valence-electron chi connectivity index (χ1n) is 8.12. The molecule has 0 bridgehead atoms. The zero-order chi connectivity index (χ0) is 16.8. The SMILES string of the molecule is NC1(C(=O)NCc2cccc(Oc3ccccc3)c2)CCOCC1. The highest BCUT2D eigenvalue weighted by atomic mass is 16.5. The lowest BCUT2D eigenvalue weighted by Crippen LogP contribution is -2.56. The first kappa shape index (κ1) is 16.5. The van der Waals surface area contributed by atoms with E-state index in [-0.39, 0.29) is 5.91 Å². The summed E-state index contributed by atoms with van der Waals surface area (Å²) in [6.07, 6.45) is 1.10. The molecule has 2 aromatic carbocycles. The third-order valence-corrected chi connectivity index (χ3v) is 4.17. The Labute approximate surface area is 141 Å². The van der Waals surface area contributed by atoms with Crippen molar-refractivity contribution in [1.29, 1.82) is 0 Å². The third kappa shape index (κ3) is 4.13. The number of benzene rings is 2. The predicted octanol–water partition coefficient (Wildman–Crippen LogP) is 2.60. The van der Waals surface area contributed by atoms with Crippen molar-refractivity contribution in [2.24, 2.45) is 5.73 Å². The first-order valence-corrected chi connectivity index (χ1v) is 8.12. The molecule has 1 aliphatic rings. The Balaban J connectivity index is 1.59. The van der Waals surface area contributed by atoms with E-state index in [1.807, 2.05) is 54.6 Å². The average Bonchev–Trinajstić information content (AvgIpc) is 2.61. The van der Waals surface area contributed by atoms with E-state index < -0.39 is 5.54 Å². The van der Waals surface area contributed by atoms with E-state index in [4.69, 9.17) is 15.2 Å². The molecular formula is C19H22N2O3. The van der Waals surface area contributed by atoms with Crippen LogP contribution in [0.25, 0.3) is 0 Å². The van der Waals surface area contributed by atoms with Crippen LogP contribution in [0.4, 0.5) is 0 Å². The van der Waals surface area contributed by atoms with Gasteiger partial charge in [0.25, 0.3) is 0 Å². The Kier molecular flexibility index (Phi) is 5.13. The summed E-state index contributed by atoms with van der Waals surface area (Å²) in [5.74, 6) is 1.39. The standard InChI is InChI=1S/C19H22N2O3/c20-19(9-11-23-12-10-19)18(22)21-14-15-5-4-8-17(13-15)24-16-6-2-1-3-7-16/h1-8,13H,9-12,14,20H2,(H,21,22). The van der Waals surface area contributed by atoms with Crippen LogP contribution in [0.1, 0.15) is 18.4 Å². The van der Waals surface area contributed by atoms with Crippen LogP contribution < -0.4 is 15.8 Å². The van der Waals surface area contributed by atoms with Crippen molar-refractivity contribution in [2.45, 2.75) is 24.9 Å². The number of hydrogen-bond acceptors (Lipinski definition) is 4. The number of hydrogen-bond donors (Lipinski definition) is 2. The summed E-state index contributed by atoms with van der Waals surface area (Å²) in [4.78, 5) is 12.3. The fourth-order valence-electron chi connectivity index (χ4n) is 2.66. The van der Waals surface area contributed by atoms with Crippen molar-refractivity contribution in [3.05, 3.63) is 60.2 Å². The molecule has 24 heavy (non-hydrogen) atoms. The molecule has 0 saturated carbocycles. The summed E-state index contributed by atoms with van der Waals surface area (Å²) in [7, 11) is 0. The van der Waals surface area contributed by atoms with Crippen LogP contribution in [0.15, 0.2) is 54.6 Å². The minimum Gasteiger partial charge on any atom is -0.457 e. The van der Waals surface area contributed by atoms with Gasteiger partial charge in [0.2, 0.25) is 5.91 Å². The first-order chi connectivity index (χ1) is 11.7. The van der Waals surface area contributed by atoms with E-state index in [2.05, 4.69) is 5.32 Å². The molecule has 0 radical (unpaired) electrons. The van der Waals surface area contributed by atoms with Gasteiger partial charge in [-0.25, -0.2) is 0 Å². The number of para-hydroxylation sites is 1. The monoisotopic (exact) mass is 326 g/mol. The van der Waals surface area contributed by atoms with Crippen molar-refractivity contribution in [3.8, 4) is 11.5 Å². The molecule has 0 unspecified atom stereocenters. The topological polar surface area (TPSA) is 73.6 Å². The summed E-state index contributed by atoms with van der Waals surface area (Å²) >= 11 is 0. The predicted molar refractivity (Wildman–Crippen MR) is 91.8 cm³/mol. The second-order valence-corrected chi connectivity index (χ2v) is 6.01. The molecular weight excluding hydrogens is 304 g/mol. The fraction of sp³-hybridized carbons (Fsp3) is 0.316. The number of rotatable bonds is 5. The number of ether oxygens (including phenoxy) is 2. The highest BCUT2D eigenvalue weighted by Gasteiger charge is 2.35. The lowest BCUT2D eigenvalue weighted by atomic mass is 9.90. The zero-order valence-corrected chi connectivity index (χ0v) is 13.5. The smallest absolute Gasteiger partial charge is 0.240 e. The molecule has 5 nitrogen and oxygen atoms in total. The van der Waals surface area contributed by atoms with E-state index in [0.29, 0.717) is 32.6 Å². The highest BCUT2D eigenvalue weighted by molar-refractivity contribution is 5.86. The van der Waals surface area contributed by atoms with E-state index in [1.165, 1.54) is 0 Å². The number of carbonyl (C=O) groups excluding carboxylic acids is 1. The molecule has 0 aromatic heterocycles. The molecule has 0 atom stereocenters. The van der Waals surface area contributed by atoms with Crippen molar-refractivity contribution in [1.82, 2.24) is 5.32 Å². The highest BCUT2D eigenvalue weighted by Crippen LogP contribution is 2.22. The van der Waals surface area contributed by atoms with Crippen molar-refractivity contribution in [2.75, 3.05) is 13.2 Å². The van der Waals surface area contributed by atoms with Gasteiger partial charge >= 0.3 is 0 Å². The molecule has 1 saturated heterocycles. The Bertz CT molecular complexity index is 682. The van der Waals surface area contributed by atoms with Gasteiger partial charge in [0.15, 0.2) is 0 Å². The van der Waals surface area contributed by atoms with Crippen molar-refractivity contribution >= 4 is 5.91 Å². The average molecular weight is 326 g/mol. The van der Waals surface area contributed by atoms with Crippen LogP contribution in [0.5, 0.6) is 11.5 Å². The number of carbonyl (C=O) groups is 1. The molecule has 3 rings (SSSR count). The van der Waals surface area contributed by atoms with Crippen LogP contribution in [0.2, 0.25) is 0 Å². The molecule has 1 heterocycles. The van der Waals surface area contributed by atoms with Gasteiger partial charge in [-0.15, -0.1) is 0 Å². The molecule has 1 fully saturated rings. The maximum absolute atomic E-state index is 12.3. The second-order valence-electron chi connectivity index (χ2n) is 6.01. The Morgan fingerprint density at radius 3 is 2.54 bits per heavy atom. The molecule has 2 aromatic rings. The van der Waals surface area contributed by atoms with Crippen LogP contribution in [0.3, 0.4) is 0 Å². The zero-order valence-electron chi connectivity index (χ0n) is 13.5. The summed E-state index contributed by atoms with van der Waals surface area (Å²) < 4.78 is 11.1. The van der Waals surface area contributed by atoms with Crippen LogP contribution >= 0.6 is 0 Å². The number of nitrogens with one attached hydrogen (secondary N) is 1. The van der Waals surface area contributed by atoms with Crippen LogP contribution in [-0.2, 0) is 16.1 Å². The Morgan fingerprint density at radius 2 is 1.79 bits per heavy atom. The fourth-order valence-corrected chi connectivity index (χ4v) is 2.66. The van der Waals surface area contributed by atoms with Gasteiger partial charge < -0.3 is 20.5 Å². The van der Waals surface area contributed by atoms with Gasteiger partial charge in [0, 0.05) is 19.8 Å². The normalized spacial score (nSPS) is 16.4. The van der Waals surface area contributed by atoms with Gasteiger partial charge in [-0.3, -0.25) is 4.79 Å².